The summed E-state index contributed by atoms with van der Waals surface area (Å²) < 4.78 is 0. The number of carbonyl (C=O) groups excluding carboxylic acids is 1. The Hall–Kier alpha value is -0.570. The maximum absolute atomic E-state index is 12.0. The van der Waals surface area contributed by atoms with Crippen LogP contribution >= 0.6 is 0 Å². The second-order valence-corrected chi connectivity index (χ2v) is 9.34. The smallest absolute Gasteiger partial charge is 0.221 e. The third-order valence-electron chi connectivity index (χ3n) is 6.00. The van der Waals surface area contributed by atoms with Crippen molar-refractivity contribution in [3.63, 3.8) is 0 Å². The van der Waals surface area contributed by atoms with Crippen molar-refractivity contribution in [1.29, 1.82) is 0 Å². The maximum atomic E-state index is 12.0. The Labute approximate surface area is 129 Å². The molecule has 0 heterocycles. The van der Waals surface area contributed by atoms with Crippen LogP contribution in [0.4, 0.5) is 0 Å². The van der Waals surface area contributed by atoms with Crippen LogP contribution in [0.25, 0.3) is 0 Å². The van der Waals surface area contributed by atoms with Crippen LogP contribution in [0.15, 0.2) is 0 Å². The average Bonchev–Trinajstić information content (AvgIpc) is 2.30. The zero-order valence-electron chi connectivity index (χ0n) is 14.0. The molecule has 3 nitrogen and oxygen atoms in total. The molecule has 0 aromatic rings. The lowest BCUT2D eigenvalue weighted by Gasteiger charge is -2.61. The fourth-order valence-corrected chi connectivity index (χ4v) is 6.16. The molecule has 3 N–H and O–H groups in total. The third kappa shape index (κ3) is 3.13. The second-order valence-electron chi connectivity index (χ2n) is 9.34. The minimum Gasteiger partial charge on any atom is -0.353 e. The van der Waals surface area contributed by atoms with E-state index in [4.69, 9.17) is 5.73 Å². The number of hydrogen-bond acceptors (Lipinski definition) is 2. The van der Waals surface area contributed by atoms with Crippen LogP contribution in [-0.2, 0) is 4.79 Å². The largest absolute Gasteiger partial charge is 0.353 e. The summed E-state index contributed by atoms with van der Waals surface area (Å²) in [6.07, 6.45) is 8.64. The summed E-state index contributed by atoms with van der Waals surface area (Å²) in [5, 5.41) is 3.32. The first-order valence-electron chi connectivity index (χ1n) is 8.80. The van der Waals surface area contributed by atoms with E-state index in [1.54, 1.807) is 0 Å². The number of hydrogen-bond donors (Lipinski definition) is 2. The molecule has 3 heteroatoms. The SMILES string of the molecule is CC(C)(C)CC12CC3CC(C1)C(NC(=O)CCN)C(C3)C2. The van der Waals surface area contributed by atoms with Crippen molar-refractivity contribution < 1.29 is 4.79 Å². The Balaban J connectivity index is 1.71. The van der Waals surface area contributed by atoms with E-state index in [0.29, 0.717) is 29.8 Å². The van der Waals surface area contributed by atoms with Gasteiger partial charge in [0, 0.05) is 19.0 Å². The lowest BCUT2D eigenvalue weighted by molar-refractivity contribution is -0.129. The minimum atomic E-state index is 0.167. The van der Waals surface area contributed by atoms with Crippen LogP contribution in [0.3, 0.4) is 0 Å². The van der Waals surface area contributed by atoms with Crippen LogP contribution in [-0.4, -0.2) is 18.5 Å². The number of amides is 1. The van der Waals surface area contributed by atoms with Crippen molar-refractivity contribution in [2.24, 2.45) is 34.3 Å². The summed E-state index contributed by atoms with van der Waals surface area (Å²) in [5.74, 6) is 2.54. The first-order valence-corrected chi connectivity index (χ1v) is 8.80. The van der Waals surface area contributed by atoms with Crippen LogP contribution in [0.1, 0.15) is 65.7 Å². The van der Waals surface area contributed by atoms with Crippen molar-refractivity contribution in [2.45, 2.75) is 71.8 Å². The number of carbonyl (C=O) groups is 1. The van der Waals surface area contributed by atoms with Gasteiger partial charge in [0.15, 0.2) is 0 Å². The van der Waals surface area contributed by atoms with E-state index in [2.05, 4.69) is 26.1 Å². The van der Waals surface area contributed by atoms with E-state index in [9.17, 15) is 4.79 Å². The molecule has 0 aliphatic heterocycles. The topological polar surface area (TPSA) is 55.1 Å². The van der Waals surface area contributed by atoms with Gasteiger partial charge in [0.25, 0.3) is 0 Å². The predicted molar refractivity (Wildman–Crippen MR) is 85.7 cm³/mol. The van der Waals surface area contributed by atoms with Gasteiger partial charge in [0.2, 0.25) is 5.91 Å². The second kappa shape index (κ2) is 5.26. The van der Waals surface area contributed by atoms with Crippen LogP contribution in [0, 0.1) is 28.6 Å². The monoisotopic (exact) mass is 292 g/mol. The van der Waals surface area contributed by atoms with Crippen molar-refractivity contribution >= 4 is 5.91 Å². The van der Waals surface area contributed by atoms with Gasteiger partial charge in [0.1, 0.15) is 0 Å². The molecule has 120 valence electrons. The van der Waals surface area contributed by atoms with E-state index in [1.807, 2.05) is 0 Å². The number of nitrogens with two attached hydrogens (primary N) is 1. The summed E-state index contributed by atoms with van der Waals surface area (Å²) in [4.78, 5) is 12.0. The fourth-order valence-electron chi connectivity index (χ4n) is 6.16. The van der Waals surface area contributed by atoms with Gasteiger partial charge in [-0.15, -0.1) is 0 Å². The van der Waals surface area contributed by atoms with Gasteiger partial charge in [-0.2, -0.15) is 0 Å². The molecule has 0 spiro atoms. The average molecular weight is 292 g/mol. The molecule has 0 aromatic carbocycles. The van der Waals surface area contributed by atoms with Gasteiger partial charge >= 0.3 is 0 Å². The van der Waals surface area contributed by atoms with Gasteiger partial charge in [-0.05, 0) is 67.1 Å². The molecule has 0 radical (unpaired) electrons. The van der Waals surface area contributed by atoms with Gasteiger partial charge in [-0.3, -0.25) is 4.79 Å². The standard InChI is InChI=1S/C18H32N2O/c1-17(2,3)11-18-8-12-6-13(9-18)16(14(7-12)10-18)20-15(21)4-5-19/h12-14,16H,4-11,19H2,1-3H3,(H,20,21). The fraction of sp³-hybridized carbons (Fsp3) is 0.944. The van der Waals surface area contributed by atoms with E-state index in [1.165, 1.54) is 38.5 Å². The molecule has 21 heavy (non-hydrogen) atoms. The normalized spacial score (nSPS) is 41.3. The summed E-state index contributed by atoms with van der Waals surface area (Å²) in [6.45, 7) is 7.61. The molecule has 4 bridgehead atoms. The van der Waals surface area contributed by atoms with E-state index in [0.717, 1.165) is 17.8 Å². The Kier molecular flexibility index (Phi) is 3.84. The van der Waals surface area contributed by atoms with Crippen LogP contribution in [0.2, 0.25) is 0 Å². The summed E-state index contributed by atoms with van der Waals surface area (Å²) >= 11 is 0. The predicted octanol–water partition coefficient (Wildman–Crippen LogP) is 3.08. The lowest BCUT2D eigenvalue weighted by Crippen LogP contribution is -2.59. The number of rotatable bonds is 4. The van der Waals surface area contributed by atoms with Crippen molar-refractivity contribution in [2.75, 3.05) is 6.54 Å². The highest BCUT2D eigenvalue weighted by Crippen LogP contribution is 2.63. The maximum Gasteiger partial charge on any atom is 0.221 e. The molecule has 1 amide bonds. The van der Waals surface area contributed by atoms with Gasteiger partial charge in [0.05, 0.1) is 0 Å². The molecule has 4 aliphatic carbocycles. The minimum absolute atomic E-state index is 0.167. The summed E-state index contributed by atoms with van der Waals surface area (Å²) in [7, 11) is 0. The first-order chi connectivity index (χ1) is 9.80. The Morgan fingerprint density at radius 3 is 2.33 bits per heavy atom. The highest BCUT2D eigenvalue weighted by molar-refractivity contribution is 5.76. The molecular formula is C18H32N2O. The molecule has 4 aliphatic rings. The van der Waals surface area contributed by atoms with Crippen LogP contribution in [0.5, 0.6) is 0 Å². The molecule has 0 aromatic heterocycles. The van der Waals surface area contributed by atoms with E-state index < -0.39 is 0 Å². The summed E-state index contributed by atoms with van der Waals surface area (Å²) in [6, 6.07) is 0.439. The first kappa shape index (κ1) is 15.3. The van der Waals surface area contributed by atoms with Crippen LogP contribution < -0.4 is 11.1 Å². The van der Waals surface area contributed by atoms with Crippen molar-refractivity contribution in [3.05, 3.63) is 0 Å². The zero-order chi connectivity index (χ0) is 15.3. The van der Waals surface area contributed by atoms with E-state index in [-0.39, 0.29) is 5.91 Å². The molecule has 4 rings (SSSR count). The molecular weight excluding hydrogens is 260 g/mol. The molecule has 2 atom stereocenters. The Bertz CT molecular complexity index is 396. The molecule has 4 saturated carbocycles. The third-order valence-corrected chi connectivity index (χ3v) is 6.00. The lowest BCUT2D eigenvalue weighted by atomic mass is 9.46. The molecule has 0 saturated heterocycles. The molecule has 4 fully saturated rings. The highest BCUT2D eigenvalue weighted by atomic mass is 16.1. The van der Waals surface area contributed by atoms with Crippen molar-refractivity contribution in [1.82, 2.24) is 5.32 Å². The highest BCUT2D eigenvalue weighted by Gasteiger charge is 2.56. The summed E-state index contributed by atoms with van der Waals surface area (Å²) in [5.41, 5.74) is 6.50. The Morgan fingerprint density at radius 1 is 1.19 bits per heavy atom. The number of nitrogens with one attached hydrogen (secondary N) is 1. The van der Waals surface area contributed by atoms with Gasteiger partial charge in [-0.25, -0.2) is 0 Å². The van der Waals surface area contributed by atoms with Crippen molar-refractivity contribution in [3.8, 4) is 0 Å². The van der Waals surface area contributed by atoms with E-state index >= 15 is 0 Å². The zero-order valence-corrected chi connectivity index (χ0v) is 14.0. The Morgan fingerprint density at radius 2 is 1.81 bits per heavy atom. The molecule has 2 unspecified atom stereocenters. The van der Waals surface area contributed by atoms with Gasteiger partial charge < -0.3 is 11.1 Å². The van der Waals surface area contributed by atoms with Gasteiger partial charge in [-0.1, -0.05) is 20.8 Å². The quantitative estimate of drug-likeness (QED) is 0.836.